The standard InChI is InChI=1S/C32H65NO4.C16H34.C2H4O/c1-4-7-10-13-14-17-23-30(22-16-12-9-6-3)32(36)37-28-20-18-24-31(35)29-33(26-21-27-34)25-19-15-11-8-5-2;1-4-6-8-10-11-13-15-16(3)14-12-9-7-5-2;1-2-3/h30-31,34-35H,4-29H2,1-3H3;16H,4-15H2,1-3H3;2H,1H3. The van der Waals surface area contributed by atoms with Crippen molar-refractivity contribution in [2.24, 2.45) is 11.8 Å². The van der Waals surface area contributed by atoms with Gasteiger partial charge in [0.2, 0.25) is 0 Å². The van der Waals surface area contributed by atoms with Crippen LogP contribution in [0.1, 0.15) is 260 Å². The number of rotatable bonds is 41. The van der Waals surface area contributed by atoms with Crippen molar-refractivity contribution in [3.8, 4) is 0 Å². The molecule has 0 amide bonds. The van der Waals surface area contributed by atoms with E-state index in [1.807, 2.05) is 0 Å². The van der Waals surface area contributed by atoms with Gasteiger partial charge in [-0.3, -0.25) is 4.79 Å². The third kappa shape index (κ3) is 49.2. The molecule has 6 heteroatoms. The Balaban J connectivity index is -0.00000122. The first-order valence-corrected chi connectivity index (χ1v) is 24.9. The molecule has 3 atom stereocenters. The molecule has 0 saturated carbocycles. The molecule has 0 aromatic rings. The topological polar surface area (TPSA) is 87.1 Å². The molecule has 6 nitrogen and oxygen atoms in total. The number of carbonyl (C=O) groups is 2. The van der Waals surface area contributed by atoms with Gasteiger partial charge < -0.3 is 24.6 Å². The summed E-state index contributed by atoms with van der Waals surface area (Å²) in [6.07, 6.45) is 41.4. The third-order valence-electron chi connectivity index (χ3n) is 11.1. The van der Waals surface area contributed by atoms with E-state index in [0.717, 1.165) is 83.1 Å². The maximum atomic E-state index is 12.8. The molecular weight excluding hydrogens is 695 g/mol. The van der Waals surface area contributed by atoms with Crippen molar-refractivity contribution in [3.63, 3.8) is 0 Å². The minimum absolute atomic E-state index is 0.00357. The maximum Gasteiger partial charge on any atom is 0.308 e. The molecule has 2 N–H and O–H groups in total. The van der Waals surface area contributed by atoms with Crippen molar-refractivity contribution >= 4 is 12.3 Å². The minimum atomic E-state index is -0.357. The second-order valence-electron chi connectivity index (χ2n) is 17.0. The van der Waals surface area contributed by atoms with Gasteiger partial charge in [0.25, 0.3) is 0 Å². The van der Waals surface area contributed by atoms with Crippen LogP contribution in [-0.4, -0.2) is 66.3 Å². The summed E-state index contributed by atoms with van der Waals surface area (Å²) in [6, 6.07) is 0. The van der Waals surface area contributed by atoms with E-state index in [-0.39, 0.29) is 24.6 Å². The molecule has 0 saturated heterocycles. The summed E-state index contributed by atoms with van der Waals surface area (Å²) in [6.45, 7) is 18.4. The van der Waals surface area contributed by atoms with Crippen LogP contribution in [0, 0.1) is 11.8 Å². The van der Waals surface area contributed by atoms with E-state index in [4.69, 9.17) is 9.53 Å². The van der Waals surface area contributed by atoms with Gasteiger partial charge in [-0.05, 0) is 64.3 Å². The molecule has 0 bridgehead atoms. The Labute approximate surface area is 351 Å². The normalized spacial score (nSPS) is 12.7. The largest absolute Gasteiger partial charge is 0.465 e. The number of ether oxygens (including phenoxy) is 1. The van der Waals surface area contributed by atoms with Crippen LogP contribution in [-0.2, 0) is 14.3 Å². The van der Waals surface area contributed by atoms with E-state index in [2.05, 4.69) is 46.4 Å². The van der Waals surface area contributed by atoms with Crippen LogP contribution in [0.2, 0.25) is 0 Å². The molecule has 0 aromatic heterocycles. The Kier molecular flexibility index (Phi) is 55.1. The molecule has 0 fully saturated rings. The van der Waals surface area contributed by atoms with Crippen molar-refractivity contribution in [1.82, 2.24) is 4.90 Å². The first-order valence-electron chi connectivity index (χ1n) is 24.9. The number of hydrogen-bond donors (Lipinski definition) is 2. The highest BCUT2D eigenvalue weighted by atomic mass is 16.5. The quantitative estimate of drug-likeness (QED) is 0.0364. The highest BCUT2D eigenvalue weighted by molar-refractivity contribution is 5.72. The molecule has 0 aliphatic rings. The Morgan fingerprint density at radius 1 is 0.536 bits per heavy atom. The zero-order valence-electron chi connectivity index (χ0n) is 39.2. The fraction of sp³-hybridized carbons (Fsp3) is 0.960. The van der Waals surface area contributed by atoms with Gasteiger partial charge >= 0.3 is 5.97 Å². The van der Waals surface area contributed by atoms with Crippen LogP contribution >= 0.6 is 0 Å². The van der Waals surface area contributed by atoms with Gasteiger partial charge in [-0.25, -0.2) is 0 Å². The molecule has 0 aliphatic heterocycles. The van der Waals surface area contributed by atoms with E-state index in [1.54, 1.807) is 0 Å². The number of carbonyl (C=O) groups excluding carboxylic acids is 2. The number of aldehydes is 1. The predicted octanol–water partition coefficient (Wildman–Crippen LogP) is 14.6. The summed E-state index contributed by atoms with van der Waals surface area (Å²) in [4.78, 5) is 23.9. The maximum absolute atomic E-state index is 12.8. The average Bonchev–Trinajstić information content (AvgIpc) is 3.19. The van der Waals surface area contributed by atoms with E-state index in [9.17, 15) is 15.0 Å². The van der Waals surface area contributed by atoms with Gasteiger partial charge in [0, 0.05) is 19.7 Å². The fourth-order valence-corrected chi connectivity index (χ4v) is 7.40. The minimum Gasteiger partial charge on any atom is -0.465 e. The molecule has 0 aliphatic carbocycles. The third-order valence-corrected chi connectivity index (χ3v) is 11.1. The van der Waals surface area contributed by atoms with Crippen LogP contribution in [0.25, 0.3) is 0 Å². The van der Waals surface area contributed by atoms with E-state index >= 15 is 0 Å². The van der Waals surface area contributed by atoms with E-state index in [1.165, 1.54) is 161 Å². The Morgan fingerprint density at radius 2 is 0.893 bits per heavy atom. The van der Waals surface area contributed by atoms with Gasteiger partial charge in [0.1, 0.15) is 6.29 Å². The smallest absolute Gasteiger partial charge is 0.308 e. The second-order valence-corrected chi connectivity index (χ2v) is 17.0. The summed E-state index contributed by atoms with van der Waals surface area (Å²) >= 11 is 0. The lowest BCUT2D eigenvalue weighted by Crippen LogP contribution is -2.34. The molecule has 0 spiro atoms. The molecule has 0 radical (unpaired) electrons. The number of esters is 1. The monoisotopic (exact) mass is 798 g/mol. The van der Waals surface area contributed by atoms with Crippen LogP contribution in [0.3, 0.4) is 0 Å². The highest BCUT2D eigenvalue weighted by Gasteiger charge is 2.19. The highest BCUT2D eigenvalue weighted by Crippen LogP contribution is 2.21. The van der Waals surface area contributed by atoms with Gasteiger partial charge in [0.15, 0.2) is 0 Å². The molecule has 0 aromatic carbocycles. The number of hydrogen-bond acceptors (Lipinski definition) is 6. The lowest BCUT2D eigenvalue weighted by atomic mass is 9.94. The Morgan fingerprint density at radius 3 is 1.34 bits per heavy atom. The fourth-order valence-electron chi connectivity index (χ4n) is 7.40. The summed E-state index contributed by atoms with van der Waals surface area (Å²) in [7, 11) is 0. The number of aliphatic hydroxyl groups excluding tert-OH is 2. The second kappa shape index (κ2) is 52.0. The van der Waals surface area contributed by atoms with Crippen molar-refractivity contribution in [2.75, 3.05) is 32.8 Å². The average molecular weight is 798 g/mol. The van der Waals surface area contributed by atoms with Crippen molar-refractivity contribution in [3.05, 3.63) is 0 Å². The molecule has 3 unspecified atom stereocenters. The molecule has 0 heterocycles. The molecule has 56 heavy (non-hydrogen) atoms. The van der Waals surface area contributed by atoms with E-state index < -0.39 is 0 Å². The van der Waals surface area contributed by atoms with Gasteiger partial charge in [-0.2, -0.15) is 0 Å². The number of aliphatic hydroxyl groups is 2. The molecule has 338 valence electrons. The Hall–Kier alpha value is -0.980. The predicted molar refractivity (Wildman–Crippen MR) is 246 cm³/mol. The van der Waals surface area contributed by atoms with Crippen LogP contribution in [0.4, 0.5) is 0 Å². The van der Waals surface area contributed by atoms with Crippen molar-refractivity contribution < 1.29 is 24.5 Å². The van der Waals surface area contributed by atoms with Crippen LogP contribution in [0.15, 0.2) is 0 Å². The first kappa shape index (κ1) is 59.3. The van der Waals surface area contributed by atoms with Crippen LogP contribution < -0.4 is 0 Å². The lowest BCUT2D eigenvalue weighted by Gasteiger charge is -2.25. The van der Waals surface area contributed by atoms with E-state index in [0.29, 0.717) is 13.2 Å². The van der Waals surface area contributed by atoms with Gasteiger partial charge in [-0.1, -0.05) is 208 Å². The molecular formula is C50H103NO5. The van der Waals surface area contributed by atoms with Crippen molar-refractivity contribution in [2.45, 2.75) is 266 Å². The summed E-state index contributed by atoms with van der Waals surface area (Å²) < 4.78 is 5.70. The Bertz CT molecular complexity index is 734. The van der Waals surface area contributed by atoms with Crippen LogP contribution in [0.5, 0.6) is 0 Å². The van der Waals surface area contributed by atoms with Crippen molar-refractivity contribution in [1.29, 1.82) is 0 Å². The zero-order valence-corrected chi connectivity index (χ0v) is 39.2. The number of nitrogens with zero attached hydrogens (tertiary/aromatic N) is 1. The summed E-state index contributed by atoms with van der Waals surface area (Å²) in [5, 5.41) is 19.8. The summed E-state index contributed by atoms with van der Waals surface area (Å²) in [5.41, 5.74) is 0. The lowest BCUT2D eigenvalue weighted by molar-refractivity contribution is -0.149. The zero-order chi connectivity index (χ0) is 42.2. The SMILES string of the molecule is CC=O.CCCCCCCCC(C)CCCCCC.CCCCCCCCC(CCCCCC)C(=O)OCCCCC(O)CN(CCCO)CCCCCCC. The van der Waals surface area contributed by atoms with Gasteiger partial charge in [0.05, 0.1) is 18.6 Å². The first-order chi connectivity index (χ1) is 27.3. The summed E-state index contributed by atoms with van der Waals surface area (Å²) in [5.74, 6) is 1.04. The van der Waals surface area contributed by atoms with Gasteiger partial charge in [-0.15, -0.1) is 0 Å². The number of unbranched alkanes of at least 4 members (excludes halogenated alkanes) is 21. The molecule has 0 rings (SSSR count).